The number of unbranched alkanes of at least 4 members (excludes halogenated alkanes) is 1. The van der Waals surface area contributed by atoms with Gasteiger partial charge in [-0.1, -0.05) is 19.4 Å². The van der Waals surface area contributed by atoms with Gasteiger partial charge >= 0.3 is 0 Å². The first-order valence-electron chi connectivity index (χ1n) is 7.13. The summed E-state index contributed by atoms with van der Waals surface area (Å²) in [7, 11) is 0. The lowest BCUT2D eigenvalue weighted by Crippen LogP contribution is -2.36. The first kappa shape index (κ1) is 14.1. The zero-order chi connectivity index (χ0) is 13.8. The van der Waals surface area contributed by atoms with Crippen molar-refractivity contribution in [1.82, 2.24) is 5.32 Å². The van der Waals surface area contributed by atoms with Crippen LogP contribution in [0.1, 0.15) is 41.3 Å². The fourth-order valence-electron chi connectivity index (χ4n) is 2.38. The molecule has 3 nitrogen and oxygen atoms in total. The van der Waals surface area contributed by atoms with Gasteiger partial charge in [0.05, 0.1) is 18.1 Å². The van der Waals surface area contributed by atoms with E-state index < -0.39 is 0 Å². The van der Waals surface area contributed by atoms with Crippen molar-refractivity contribution in [3.8, 4) is 5.75 Å². The van der Waals surface area contributed by atoms with Crippen molar-refractivity contribution in [1.29, 1.82) is 0 Å². The van der Waals surface area contributed by atoms with E-state index in [1.807, 2.05) is 26.0 Å². The fourth-order valence-corrected chi connectivity index (χ4v) is 2.38. The average Bonchev–Trinajstić information content (AvgIpc) is 2.41. The van der Waals surface area contributed by atoms with Gasteiger partial charge in [-0.25, -0.2) is 0 Å². The van der Waals surface area contributed by atoms with Crippen molar-refractivity contribution in [2.75, 3.05) is 19.7 Å². The molecule has 1 heterocycles. The molecule has 1 aromatic rings. The first-order chi connectivity index (χ1) is 9.15. The number of aryl methyl sites for hydroxylation is 1. The van der Waals surface area contributed by atoms with Crippen molar-refractivity contribution in [2.24, 2.45) is 5.92 Å². The molecule has 2 rings (SSSR count). The summed E-state index contributed by atoms with van der Waals surface area (Å²) in [5, 5.41) is 3.34. The van der Waals surface area contributed by atoms with E-state index in [0.29, 0.717) is 13.2 Å². The third kappa shape index (κ3) is 2.98. The maximum Gasteiger partial charge on any atom is 0.174 e. The molecule has 0 saturated heterocycles. The Bertz CT molecular complexity index is 468. The SMILES string of the molecule is CCCCNCC1COc2c(ccc(C)c2C)C1=O. The van der Waals surface area contributed by atoms with Gasteiger partial charge in [-0.05, 0) is 44.0 Å². The number of rotatable bonds is 5. The van der Waals surface area contributed by atoms with Gasteiger partial charge in [0.1, 0.15) is 5.75 Å². The Morgan fingerprint density at radius 3 is 2.89 bits per heavy atom. The molecule has 0 amide bonds. The predicted molar refractivity (Wildman–Crippen MR) is 77.0 cm³/mol. The van der Waals surface area contributed by atoms with Gasteiger partial charge in [0.2, 0.25) is 0 Å². The van der Waals surface area contributed by atoms with Crippen molar-refractivity contribution >= 4 is 5.78 Å². The summed E-state index contributed by atoms with van der Waals surface area (Å²) in [5.41, 5.74) is 3.01. The Labute approximate surface area is 115 Å². The quantitative estimate of drug-likeness (QED) is 0.828. The van der Waals surface area contributed by atoms with Crippen LogP contribution in [0, 0.1) is 19.8 Å². The van der Waals surface area contributed by atoms with E-state index in [4.69, 9.17) is 4.74 Å². The molecule has 104 valence electrons. The summed E-state index contributed by atoms with van der Waals surface area (Å²) in [5.74, 6) is 0.953. The zero-order valence-electron chi connectivity index (χ0n) is 12.1. The Kier molecular flexibility index (Phi) is 4.59. The Morgan fingerprint density at radius 2 is 2.16 bits per heavy atom. The van der Waals surface area contributed by atoms with Gasteiger partial charge in [-0.3, -0.25) is 4.79 Å². The number of hydrogen-bond acceptors (Lipinski definition) is 3. The molecule has 3 heteroatoms. The molecule has 0 fully saturated rings. The number of carbonyl (C=O) groups is 1. The van der Waals surface area contributed by atoms with Crippen LogP contribution < -0.4 is 10.1 Å². The van der Waals surface area contributed by atoms with E-state index in [-0.39, 0.29) is 11.7 Å². The molecule has 1 N–H and O–H groups in total. The smallest absolute Gasteiger partial charge is 0.174 e. The number of benzene rings is 1. The van der Waals surface area contributed by atoms with Gasteiger partial charge < -0.3 is 10.1 Å². The van der Waals surface area contributed by atoms with Crippen LogP contribution in [0.2, 0.25) is 0 Å². The Hall–Kier alpha value is -1.35. The summed E-state index contributed by atoms with van der Waals surface area (Å²) >= 11 is 0. The minimum Gasteiger partial charge on any atom is -0.492 e. The number of nitrogens with one attached hydrogen (secondary N) is 1. The molecule has 19 heavy (non-hydrogen) atoms. The maximum absolute atomic E-state index is 12.4. The summed E-state index contributed by atoms with van der Waals surface area (Å²) < 4.78 is 5.81. The van der Waals surface area contributed by atoms with Gasteiger partial charge in [0, 0.05) is 6.54 Å². The van der Waals surface area contributed by atoms with Crippen molar-refractivity contribution in [2.45, 2.75) is 33.6 Å². The predicted octanol–water partition coefficient (Wildman–Crippen LogP) is 2.88. The Balaban J connectivity index is 2.06. The Morgan fingerprint density at radius 1 is 1.37 bits per heavy atom. The van der Waals surface area contributed by atoms with E-state index >= 15 is 0 Å². The van der Waals surface area contributed by atoms with Gasteiger partial charge in [0.25, 0.3) is 0 Å². The first-order valence-corrected chi connectivity index (χ1v) is 7.13. The minimum absolute atomic E-state index is 0.0496. The van der Waals surface area contributed by atoms with E-state index in [1.165, 1.54) is 12.0 Å². The molecule has 0 spiro atoms. The van der Waals surface area contributed by atoms with Gasteiger partial charge in [-0.15, -0.1) is 0 Å². The topological polar surface area (TPSA) is 38.3 Å². The van der Waals surface area contributed by atoms with Crippen LogP contribution in [0.4, 0.5) is 0 Å². The summed E-state index contributed by atoms with van der Waals surface area (Å²) in [6, 6.07) is 3.90. The van der Waals surface area contributed by atoms with Crippen LogP contribution in [0.3, 0.4) is 0 Å². The molecule has 0 saturated carbocycles. The third-order valence-corrected chi connectivity index (χ3v) is 3.84. The van der Waals surface area contributed by atoms with E-state index in [9.17, 15) is 4.79 Å². The summed E-state index contributed by atoms with van der Waals surface area (Å²) in [6.45, 7) is 8.40. The van der Waals surface area contributed by atoms with Crippen LogP contribution in [0.15, 0.2) is 12.1 Å². The van der Waals surface area contributed by atoms with Crippen LogP contribution in [-0.4, -0.2) is 25.5 Å². The number of carbonyl (C=O) groups excluding carboxylic acids is 1. The largest absolute Gasteiger partial charge is 0.492 e. The summed E-state index contributed by atoms with van der Waals surface area (Å²) in [6.07, 6.45) is 2.32. The maximum atomic E-state index is 12.4. The third-order valence-electron chi connectivity index (χ3n) is 3.84. The van der Waals surface area contributed by atoms with Crippen molar-refractivity contribution < 1.29 is 9.53 Å². The van der Waals surface area contributed by atoms with Gasteiger partial charge in [-0.2, -0.15) is 0 Å². The molecule has 1 atom stereocenters. The highest BCUT2D eigenvalue weighted by Crippen LogP contribution is 2.32. The number of hydrogen-bond donors (Lipinski definition) is 1. The average molecular weight is 261 g/mol. The number of ketones is 1. The molecule has 1 unspecified atom stereocenters. The standard InChI is InChI=1S/C16H23NO2/c1-4-5-8-17-9-13-10-19-16-12(3)11(2)6-7-14(16)15(13)18/h6-7,13,17H,4-5,8-10H2,1-3H3. The molecule has 1 aromatic carbocycles. The molecule has 1 aliphatic rings. The van der Waals surface area contributed by atoms with Crippen molar-refractivity contribution in [3.63, 3.8) is 0 Å². The van der Waals surface area contributed by atoms with Crippen LogP contribution in [0.5, 0.6) is 5.75 Å². The van der Waals surface area contributed by atoms with Gasteiger partial charge in [0.15, 0.2) is 5.78 Å². The monoisotopic (exact) mass is 261 g/mol. The zero-order valence-corrected chi connectivity index (χ0v) is 12.1. The molecule has 0 bridgehead atoms. The fraction of sp³-hybridized carbons (Fsp3) is 0.562. The van der Waals surface area contributed by atoms with E-state index in [1.54, 1.807) is 0 Å². The van der Waals surface area contributed by atoms with Crippen LogP contribution in [-0.2, 0) is 0 Å². The normalized spacial score (nSPS) is 18.1. The van der Waals surface area contributed by atoms with E-state index in [0.717, 1.165) is 29.8 Å². The summed E-state index contributed by atoms with van der Waals surface area (Å²) in [4.78, 5) is 12.4. The second kappa shape index (κ2) is 6.20. The minimum atomic E-state index is -0.0496. The molecule has 1 aliphatic heterocycles. The van der Waals surface area contributed by atoms with Crippen LogP contribution >= 0.6 is 0 Å². The highest BCUT2D eigenvalue weighted by molar-refractivity contribution is 6.02. The lowest BCUT2D eigenvalue weighted by Gasteiger charge is -2.26. The molecular formula is C16H23NO2. The number of fused-ring (bicyclic) bond motifs is 1. The van der Waals surface area contributed by atoms with Crippen molar-refractivity contribution in [3.05, 3.63) is 28.8 Å². The number of Topliss-reactive ketones (excluding diaryl/α,β-unsaturated/α-hetero) is 1. The second-order valence-electron chi connectivity index (χ2n) is 5.31. The molecule has 0 radical (unpaired) electrons. The highest BCUT2D eigenvalue weighted by atomic mass is 16.5. The molecule has 0 aliphatic carbocycles. The lowest BCUT2D eigenvalue weighted by atomic mass is 9.92. The highest BCUT2D eigenvalue weighted by Gasteiger charge is 2.29. The molecule has 0 aromatic heterocycles. The molecular weight excluding hydrogens is 238 g/mol. The lowest BCUT2D eigenvalue weighted by molar-refractivity contribution is 0.0828. The van der Waals surface area contributed by atoms with Crippen LogP contribution in [0.25, 0.3) is 0 Å². The number of ether oxygens (including phenoxy) is 1. The van der Waals surface area contributed by atoms with E-state index in [2.05, 4.69) is 12.2 Å². The second-order valence-corrected chi connectivity index (χ2v) is 5.31.